The Morgan fingerprint density at radius 3 is 2.04 bits per heavy atom. The van der Waals surface area contributed by atoms with Crippen molar-refractivity contribution in [3.63, 3.8) is 0 Å². The first-order valence-corrected chi connectivity index (χ1v) is 9.39. The summed E-state index contributed by atoms with van der Waals surface area (Å²) in [5.41, 5.74) is 0. The van der Waals surface area contributed by atoms with Gasteiger partial charge in [-0.3, -0.25) is 0 Å². The number of hydrogen-bond acceptors (Lipinski definition) is 6. The van der Waals surface area contributed by atoms with Gasteiger partial charge in [-0.25, -0.2) is 0 Å². The number of hydrogen-bond donors (Lipinski definition) is 0. The summed E-state index contributed by atoms with van der Waals surface area (Å²) in [5, 5.41) is 2.16. The van der Waals surface area contributed by atoms with Crippen LogP contribution in [0.2, 0.25) is 0 Å². The molecule has 148 valence electrons. The number of fused-ring (bicyclic) bond motifs is 1. The van der Waals surface area contributed by atoms with E-state index in [1.54, 1.807) is 0 Å². The Morgan fingerprint density at radius 1 is 0.704 bits per heavy atom. The smallest absolute Gasteiger partial charge is 0.231 e. The van der Waals surface area contributed by atoms with Gasteiger partial charge in [-0.2, -0.15) is 0 Å². The van der Waals surface area contributed by atoms with Crippen LogP contribution in [-0.4, -0.2) is 65.2 Å². The normalized spacial score (nSPS) is 24.0. The zero-order valence-electron chi connectivity index (χ0n) is 15.9. The minimum atomic E-state index is -0.926. The molecule has 1 atom stereocenters. The van der Waals surface area contributed by atoms with E-state index in [4.69, 9.17) is 28.4 Å². The Morgan fingerprint density at radius 2 is 1.30 bits per heavy atom. The van der Waals surface area contributed by atoms with E-state index in [1.807, 2.05) is 37.3 Å². The predicted molar refractivity (Wildman–Crippen MR) is 102 cm³/mol. The SMILES string of the molecule is CC1(Oc2cccc3ccccc23)COCCOCCOCCOCCO1. The molecular formula is C21H28O6. The van der Waals surface area contributed by atoms with Crippen molar-refractivity contribution >= 4 is 10.8 Å². The van der Waals surface area contributed by atoms with Crippen molar-refractivity contribution < 1.29 is 28.4 Å². The number of rotatable bonds is 2. The first-order chi connectivity index (χ1) is 13.3. The largest absolute Gasteiger partial charge is 0.459 e. The molecule has 0 spiro atoms. The third-order valence-corrected chi connectivity index (χ3v) is 4.19. The summed E-state index contributed by atoms with van der Waals surface area (Å²) in [6.07, 6.45) is 0. The lowest BCUT2D eigenvalue weighted by atomic mass is 10.1. The average molecular weight is 376 g/mol. The van der Waals surface area contributed by atoms with Crippen LogP contribution in [0.15, 0.2) is 42.5 Å². The van der Waals surface area contributed by atoms with Gasteiger partial charge in [0.2, 0.25) is 5.79 Å². The minimum absolute atomic E-state index is 0.288. The van der Waals surface area contributed by atoms with Crippen LogP contribution in [0.1, 0.15) is 6.92 Å². The number of benzene rings is 2. The molecule has 6 nitrogen and oxygen atoms in total. The molecule has 1 aliphatic rings. The molecule has 0 radical (unpaired) electrons. The van der Waals surface area contributed by atoms with Crippen LogP contribution in [0.4, 0.5) is 0 Å². The molecule has 2 aromatic carbocycles. The molecule has 0 N–H and O–H groups in total. The molecule has 0 saturated carbocycles. The lowest BCUT2D eigenvalue weighted by Gasteiger charge is -2.31. The van der Waals surface area contributed by atoms with Crippen LogP contribution >= 0.6 is 0 Å². The first kappa shape index (κ1) is 20.0. The Bertz CT molecular complexity index is 668. The Kier molecular flexibility index (Phi) is 7.86. The fourth-order valence-electron chi connectivity index (χ4n) is 2.85. The second-order valence-electron chi connectivity index (χ2n) is 6.45. The van der Waals surface area contributed by atoms with Gasteiger partial charge in [-0.15, -0.1) is 0 Å². The summed E-state index contributed by atoms with van der Waals surface area (Å²) in [4.78, 5) is 0. The highest BCUT2D eigenvalue weighted by atomic mass is 16.7. The highest BCUT2D eigenvalue weighted by Crippen LogP contribution is 2.29. The molecular weight excluding hydrogens is 348 g/mol. The zero-order chi connectivity index (χ0) is 18.8. The fourth-order valence-corrected chi connectivity index (χ4v) is 2.85. The maximum Gasteiger partial charge on any atom is 0.231 e. The Labute approximate surface area is 160 Å². The summed E-state index contributed by atoms with van der Waals surface area (Å²) in [6.45, 7) is 6.19. The third kappa shape index (κ3) is 6.45. The highest BCUT2D eigenvalue weighted by molar-refractivity contribution is 5.88. The molecule has 0 amide bonds. The quantitative estimate of drug-likeness (QED) is 0.803. The summed E-state index contributed by atoms with van der Waals surface area (Å²) >= 11 is 0. The van der Waals surface area contributed by atoms with E-state index in [2.05, 4.69) is 12.1 Å². The van der Waals surface area contributed by atoms with Gasteiger partial charge in [-0.1, -0.05) is 36.4 Å². The summed E-state index contributed by atoms with van der Waals surface area (Å²) in [6, 6.07) is 14.1. The van der Waals surface area contributed by atoms with Crippen LogP contribution < -0.4 is 4.74 Å². The zero-order valence-corrected chi connectivity index (χ0v) is 15.9. The molecule has 3 rings (SSSR count). The van der Waals surface area contributed by atoms with E-state index < -0.39 is 5.79 Å². The van der Waals surface area contributed by atoms with E-state index >= 15 is 0 Å². The fraction of sp³-hybridized carbons (Fsp3) is 0.524. The molecule has 27 heavy (non-hydrogen) atoms. The highest BCUT2D eigenvalue weighted by Gasteiger charge is 2.29. The van der Waals surface area contributed by atoms with Crippen LogP contribution in [0.25, 0.3) is 10.8 Å². The maximum absolute atomic E-state index is 6.27. The topological polar surface area (TPSA) is 55.4 Å². The second kappa shape index (κ2) is 10.6. The number of ether oxygens (including phenoxy) is 6. The lowest BCUT2D eigenvalue weighted by Crippen LogP contribution is -2.42. The van der Waals surface area contributed by atoms with Crippen molar-refractivity contribution in [1.82, 2.24) is 0 Å². The second-order valence-corrected chi connectivity index (χ2v) is 6.45. The predicted octanol–water partition coefficient (Wildman–Crippen LogP) is 3.03. The van der Waals surface area contributed by atoms with Crippen molar-refractivity contribution in [3.05, 3.63) is 42.5 Å². The van der Waals surface area contributed by atoms with Crippen molar-refractivity contribution in [1.29, 1.82) is 0 Å². The Hall–Kier alpha value is -1.70. The average Bonchev–Trinajstić information content (AvgIpc) is 2.69. The molecule has 1 aliphatic heterocycles. The van der Waals surface area contributed by atoms with Gasteiger partial charge in [-0.05, 0) is 11.5 Å². The summed E-state index contributed by atoms with van der Waals surface area (Å²) < 4.78 is 34.5. The molecule has 0 aromatic heterocycles. The summed E-state index contributed by atoms with van der Waals surface area (Å²) in [7, 11) is 0. The minimum Gasteiger partial charge on any atom is -0.459 e. The standard InChI is InChI=1S/C21H28O6/c1-21(27-20-8-4-6-18-5-2-3-7-19(18)20)17-25-14-13-23-10-9-22-11-12-24-15-16-26-21/h2-8H,9-17H2,1H3. The molecule has 0 bridgehead atoms. The molecule has 2 aromatic rings. The monoisotopic (exact) mass is 376 g/mol. The molecule has 1 heterocycles. The van der Waals surface area contributed by atoms with Gasteiger partial charge in [0, 0.05) is 12.3 Å². The van der Waals surface area contributed by atoms with Crippen LogP contribution in [0.3, 0.4) is 0 Å². The first-order valence-electron chi connectivity index (χ1n) is 9.39. The maximum atomic E-state index is 6.27. The van der Waals surface area contributed by atoms with E-state index in [9.17, 15) is 0 Å². The van der Waals surface area contributed by atoms with Gasteiger partial charge in [0.05, 0.1) is 52.9 Å². The van der Waals surface area contributed by atoms with Crippen molar-refractivity contribution in [2.24, 2.45) is 0 Å². The van der Waals surface area contributed by atoms with Gasteiger partial charge in [0.1, 0.15) is 12.4 Å². The van der Waals surface area contributed by atoms with E-state index in [0.29, 0.717) is 52.9 Å². The van der Waals surface area contributed by atoms with Crippen molar-refractivity contribution in [3.8, 4) is 5.75 Å². The summed E-state index contributed by atoms with van der Waals surface area (Å²) in [5.74, 6) is -0.160. The Balaban J connectivity index is 1.68. The van der Waals surface area contributed by atoms with Gasteiger partial charge >= 0.3 is 0 Å². The van der Waals surface area contributed by atoms with Gasteiger partial charge < -0.3 is 28.4 Å². The molecule has 6 heteroatoms. The van der Waals surface area contributed by atoms with Gasteiger partial charge in [0.15, 0.2) is 0 Å². The van der Waals surface area contributed by atoms with Gasteiger partial charge in [0.25, 0.3) is 0 Å². The molecule has 0 aliphatic carbocycles. The van der Waals surface area contributed by atoms with E-state index in [0.717, 1.165) is 16.5 Å². The van der Waals surface area contributed by atoms with Crippen LogP contribution in [-0.2, 0) is 23.7 Å². The molecule has 1 saturated heterocycles. The van der Waals surface area contributed by atoms with E-state index in [1.165, 1.54) is 0 Å². The van der Waals surface area contributed by atoms with Crippen molar-refractivity contribution in [2.75, 3.05) is 59.5 Å². The lowest BCUT2D eigenvalue weighted by molar-refractivity contribution is -0.208. The van der Waals surface area contributed by atoms with E-state index in [-0.39, 0.29) is 6.61 Å². The van der Waals surface area contributed by atoms with Crippen LogP contribution in [0, 0.1) is 0 Å². The van der Waals surface area contributed by atoms with Crippen molar-refractivity contribution in [2.45, 2.75) is 12.7 Å². The third-order valence-electron chi connectivity index (χ3n) is 4.19. The van der Waals surface area contributed by atoms with Crippen LogP contribution in [0.5, 0.6) is 5.75 Å². The molecule has 1 fully saturated rings. The molecule has 1 unspecified atom stereocenters.